The van der Waals surface area contributed by atoms with Crippen molar-refractivity contribution in [3.63, 3.8) is 0 Å². The van der Waals surface area contributed by atoms with Gasteiger partial charge in [0.2, 0.25) is 17.7 Å². The first-order chi connectivity index (χ1) is 13.8. The number of nitrogens with zero attached hydrogens (tertiary/aromatic N) is 1. The minimum atomic E-state index is -0.793. The lowest BCUT2D eigenvalue weighted by Gasteiger charge is -2.27. The molecule has 1 N–H and O–H groups in total. The molecule has 1 aromatic rings. The molecule has 1 aromatic carbocycles. The molecule has 0 radical (unpaired) electrons. The van der Waals surface area contributed by atoms with Gasteiger partial charge in [-0.15, -0.1) is 0 Å². The number of rotatable bonds is 7. The van der Waals surface area contributed by atoms with Crippen LogP contribution in [0.4, 0.5) is 0 Å². The molecule has 1 aliphatic carbocycles. The standard InChI is InChI=1S/C22H27BrN2O4/c1-13(2)10-18(25-21(27)16-6-4-5-7-17(16)22(25)28)20(26)24-12-14-11-15(23)8-9-19(14)29-3/h4-5,8-9,11,13,16-18H,6-7,10,12H2,1-3H3,(H,24,26). The summed E-state index contributed by atoms with van der Waals surface area (Å²) in [4.78, 5) is 40.3. The number of likely N-dealkylation sites (tertiary alicyclic amines) is 1. The van der Waals surface area contributed by atoms with E-state index in [1.54, 1.807) is 7.11 Å². The second-order valence-corrected chi connectivity index (χ2v) is 8.94. The molecule has 29 heavy (non-hydrogen) atoms. The van der Waals surface area contributed by atoms with Crippen LogP contribution in [-0.2, 0) is 20.9 Å². The van der Waals surface area contributed by atoms with E-state index in [2.05, 4.69) is 21.2 Å². The van der Waals surface area contributed by atoms with Gasteiger partial charge in [-0.2, -0.15) is 0 Å². The first-order valence-electron chi connectivity index (χ1n) is 9.95. The predicted octanol–water partition coefficient (Wildman–Crippen LogP) is 3.44. The molecule has 0 spiro atoms. The highest BCUT2D eigenvalue weighted by Crippen LogP contribution is 2.37. The molecule has 1 heterocycles. The summed E-state index contributed by atoms with van der Waals surface area (Å²) in [5.74, 6) is -0.587. The first kappa shape index (κ1) is 21.6. The van der Waals surface area contributed by atoms with Gasteiger partial charge >= 0.3 is 0 Å². The zero-order chi connectivity index (χ0) is 21.1. The maximum Gasteiger partial charge on any atom is 0.243 e. The third-order valence-corrected chi connectivity index (χ3v) is 6.04. The van der Waals surface area contributed by atoms with Gasteiger partial charge in [0.05, 0.1) is 18.9 Å². The van der Waals surface area contributed by atoms with Gasteiger partial charge in [0.1, 0.15) is 11.8 Å². The van der Waals surface area contributed by atoms with Crippen LogP contribution in [0.3, 0.4) is 0 Å². The first-order valence-corrected chi connectivity index (χ1v) is 10.7. The van der Waals surface area contributed by atoms with Crippen LogP contribution in [0.5, 0.6) is 5.75 Å². The number of hydrogen-bond donors (Lipinski definition) is 1. The molecular formula is C22H27BrN2O4. The Labute approximate surface area is 179 Å². The second kappa shape index (κ2) is 9.11. The third kappa shape index (κ3) is 4.55. The second-order valence-electron chi connectivity index (χ2n) is 8.02. The molecule has 2 aliphatic rings. The summed E-state index contributed by atoms with van der Waals surface area (Å²) in [5.41, 5.74) is 0.815. The van der Waals surface area contributed by atoms with Crippen molar-refractivity contribution in [3.8, 4) is 5.75 Å². The van der Waals surface area contributed by atoms with Crippen molar-refractivity contribution in [2.24, 2.45) is 17.8 Å². The number of methoxy groups -OCH3 is 1. The van der Waals surface area contributed by atoms with E-state index in [-0.39, 0.29) is 42.0 Å². The Morgan fingerprint density at radius 2 is 1.83 bits per heavy atom. The molecule has 1 fully saturated rings. The van der Waals surface area contributed by atoms with Crippen LogP contribution in [0.25, 0.3) is 0 Å². The third-order valence-electron chi connectivity index (χ3n) is 5.55. The molecule has 7 heteroatoms. The Kier molecular flexibility index (Phi) is 6.77. The lowest BCUT2D eigenvalue weighted by Crippen LogP contribution is -2.50. The average Bonchev–Trinajstić information content (AvgIpc) is 2.95. The molecule has 1 aliphatic heterocycles. The highest BCUT2D eigenvalue weighted by molar-refractivity contribution is 9.10. The molecule has 6 nitrogen and oxygen atoms in total. The van der Waals surface area contributed by atoms with E-state index < -0.39 is 6.04 Å². The Hall–Kier alpha value is -2.15. The van der Waals surface area contributed by atoms with Gasteiger partial charge in [-0.3, -0.25) is 19.3 Å². The number of halogens is 1. The van der Waals surface area contributed by atoms with E-state index in [1.807, 2.05) is 44.2 Å². The summed E-state index contributed by atoms with van der Waals surface area (Å²) in [6.45, 7) is 4.22. The lowest BCUT2D eigenvalue weighted by atomic mass is 9.85. The number of carbonyl (C=O) groups excluding carboxylic acids is 3. The van der Waals surface area contributed by atoms with Crippen LogP contribution in [0, 0.1) is 17.8 Å². The van der Waals surface area contributed by atoms with Gasteiger partial charge in [-0.25, -0.2) is 0 Å². The number of amides is 3. The fourth-order valence-corrected chi connectivity index (χ4v) is 4.50. The van der Waals surface area contributed by atoms with Crippen LogP contribution in [0.15, 0.2) is 34.8 Å². The van der Waals surface area contributed by atoms with Gasteiger partial charge in [-0.05, 0) is 43.4 Å². The summed E-state index contributed by atoms with van der Waals surface area (Å²) in [7, 11) is 1.58. The van der Waals surface area contributed by atoms with Crippen LogP contribution < -0.4 is 10.1 Å². The Balaban J connectivity index is 1.78. The van der Waals surface area contributed by atoms with E-state index in [1.165, 1.54) is 4.90 Å². The van der Waals surface area contributed by atoms with E-state index in [4.69, 9.17) is 4.74 Å². The van der Waals surface area contributed by atoms with Crippen LogP contribution in [-0.4, -0.2) is 35.8 Å². The van der Waals surface area contributed by atoms with E-state index in [9.17, 15) is 14.4 Å². The number of carbonyl (C=O) groups is 3. The molecule has 0 saturated carbocycles. The van der Waals surface area contributed by atoms with Crippen molar-refractivity contribution in [3.05, 3.63) is 40.4 Å². The number of benzene rings is 1. The number of hydrogen-bond acceptors (Lipinski definition) is 4. The van der Waals surface area contributed by atoms with Crippen LogP contribution in [0.2, 0.25) is 0 Å². The molecule has 1 saturated heterocycles. The quantitative estimate of drug-likeness (QED) is 0.497. The molecule has 3 rings (SSSR count). The highest BCUT2D eigenvalue weighted by atomic mass is 79.9. The zero-order valence-electron chi connectivity index (χ0n) is 17.0. The number of fused-ring (bicyclic) bond motifs is 1. The zero-order valence-corrected chi connectivity index (χ0v) is 18.6. The number of allylic oxidation sites excluding steroid dienone is 2. The summed E-state index contributed by atoms with van der Waals surface area (Å²) in [6, 6.07) is 4.77. The van der Waals surface area contributed by atoms with Crippen molar-refractivity contribution in [2.75, 3.05) is 7.11 Å². The van der Waals surface area contributed by atoms with Crippen molar-refractivity contribution < 1.29 is 19.1 Å². The number of nitrogens with one attached hydrogen (secondary N) is 1. The molecular weight excluding hydrogens is 436 g/mol. The largest absolute Gasteiger partial charge is 0.496 e. The van der Waals surface area contributed by atoms with Gasteiger partial charge in [0, 0.05) is 16.6 Å². The Morgan fingerprint density at radius 3 is 2.38 bits per heavy atom. The Bertz CT molecular complexity index is 810. The van der Waals surface area contributed by atoms with E-state index in [0.29, 0.717) is 25.0 Å². The number of imide groups is 1. The van der Waals surface area contributed by atoms with Gasteiger partial charge in [0.15, 0.2) is 0 Å². The topological polar surface area (TPSA) is 75.7 Å². The average molecular weight is 463 g/mol. The fourth-order valence-electron chi connectivity index (χ4n) is 4.09. The summed E-state index contributed by atoms with van der Waals surface area (Å²) in [6.07, 6.45) is 5.47. The maximum absolute atomic E-state index is 13.1. The van der Waals surface area contributed by atoms with E-state index >= 15 is 0 Å². The normalized spacial score (nSPS) is 22.0. The molecule has 0 aromatic heterocycles. The molecule has 0 bridgehead atoms. The SMILES string of the molecule is COc1ccc(Br)cc1CNC(=O)C(CC(C)C)N1C(=O)C2CC=CCC2C1=O. The summed E-state index contributed by atoms with van der Waals surface area (Å²) < 4.78 is 6.24. The minimum absolute atomic E-state index is 0.160. The lowest BCUT2D eigenvalue weighted by molar-refractivity contribution is -0.148. The minimum Gasteiger partial charge on any atom is -0.496 e. The summed E-state index contributed by atoms with van der Waals surface area (Å²) >= 11 is 3.43. The Morgan fingerprint density at radius 1 is 1.21 bits per heavy atom. The van der Waals surface area contributed by atoms with Gasteiger partial charge < -0.3 is 10.1 Å². The van der Waals surface area contributed by atoms with E-state index in [0.717, 1.165) is 10.0 Å². The maximum atomic E-state index is 13.1. The molecule has 3 amide bonds. The van der Waals surface area contributed by atoms with Gasteiger partial charge in [-0.1, -0.05) is 41.9 Å². The fraction of sp³-hybridized carbons (Fsp3) is 0.500. The van der Waals surface area contributed by atoms with Crippen LogP contribution in [0.1, 0.15) is 38.7 Å². The summed E-state index contributed by atoms with van der Waals surface area (Å²) in [5, 5.41) is 2.90. The molecule has 156 valence electrons. The predicted molar refractivity (Wildman–Crippen MR) is 113 cm³/mol. The smallest absolute Gasteiger partial charge is 0.243 e. The molecule has 3 unspecified atom stereocenters. The monoisotopic (exact) mass is 462 g/mol. The van der Waals surface area contributed by atoms with Crippen molar-refractivity contribution in [1.29, 1.82) is 0 Å². The number of ether oxygens (including phenoxy) is 1. The highest BCUT2D eigenvalue weighted by Gasteiger charge is 2.51. The van der Waals surface area contributed by atoms with Crippen molar-refractivity contribution in [2.45, 2.75) is 45.7 Å². The van der Waals surface area contributed by atoms with Crippen molar-refractivity contribution >= 4 is 33.7 Å². The van der Waals surface area contributed by atoms with Gasteiger partial charge in [0.25, 0.3) is 0 Å². The van der Waals surface area contributed by atoms with Crippen LogP contribution >= 0.6 is 15.9 Å². The molecule has 3 atom stereocenters. The van der Waals surface area contributed by atoms with Crippen molar-refractivity contribution in [1.82, 2.24) is 10.2 Å².